The Morgan fingerprint density at radius 3 is 2.45 bits per heavy atom. The average molecular weight is 276 g/mol. The first kappa shape index (κ1) is 13.8. The van der Waals surface area contributed by atoms with E-state index in [-0.39, 0.29) is 6.10 Å². The Morgan fingerprint density at radius 1 is 1.25 bits per heavy atom. The highest BCUT2D eigenvalue weighted by molar-refractivity contribution is 5.30. The number of piperidine rings is 1. The van der Waals surface area contributed by atoms with Crippen molar-refractivity contribution in [2.24, 2.45) is 5.92 Å². The van der Waals surface area contributed by atoms with E-state index in [4.69, 9.17) is 0 Å². The average Bonchev–Trinajstić information content (AvgIpc) is 3.30. The first-order valence-electron chi connectivity index (χ1n) is 7.69. The molecule has 0 spiro atoms. The van der Waals surface area contributed by atoms with Gasteiger partial charge in [-0.1, -0.05) is 0 Å². The van der Waals surface area contributed by atoms with Crippen LogP contribution >= 0.6 is 0 Å². The predicted octanol–water partition coefficient (Wildman–Crippen LogP) is 1.33. The molecule has 2 N–H and O–H groups in total. The molecule has 0 aromatic carbocycles. The van der Waals surface area contributed by atoms with E-state index in [1.54, 1.807) is 0 Å². The van der Waals surface area contributed by atoms with E-state index in [1.165, 1.54) is 12.8 Å². The Hall–Kier alpha value is -1.20. The number of hydrogen-bond donors (Lipinski definition) is 2. The first-order valence-corrected chi connectivity index (χ1v) is 7.69. The third-order valence-corrected chi connectivity index (χ3v) is 4.37. The fourth-order valence-electron chi connectivity index (χ4n) is 2.73. The molecule has 3 rings (SSSR count). The Labute approximate surface area is 120 Å². The second-order valence-corrected chi connectivity index (χ2v) is 6.11. The summed E-state index contributed by atoms with van der Waals surface area (Å²) in [7, 11) is 0. The fourth-order valence-corrected chi connectivity index (χ4v) is 2.73. The number of rotatable bonds is 5. The maximum atomic E-state index is 9.62. The number of aliphatic hydroxyl groups is 1. The van der Waals surface area contributed by atoms with E-state index in [0.717, 1.165) is 44.0 Å². The lowest BCUT2D eigenvalue weighted by molar-refractivity contribution is 0.109. The van der Waals surface area contributed by atoms with Crippen molar-refractivity contribution in [3.05, 3.63) is 18.0 Å². The molecule has 20 heavy (non-hydrogen) atoms. The van der Waals surface area contributed by atoms with E-state index in [0.29, 0.717) is 12.0 Å². The van der Waals surface area contributed by atoms with Gasteiger partial charge in [0.05, 0.1) is 6.10 Å². The second kappa shape index (κ2) is 6.06. The summed E-state index contributed by atoms with van der Waals surface area (Å²) < 4.78 is 0. The number of aromatic nitrogens is 2. The Bertz CT molecular complexity index is 422. The van der Waals surface area contributed by atoms with E-state index < -0.39 is 0 Å². The van der Waals surface area contributed by atoms with Gasteiger partial charge in [-0.3, -0.25) is 0 Å². The number of hydrogen-bond acceptors (Lipinski definition) is 5. The van der Waals surface area contributed by atoms with Crippen LogP contribution < -0.4 is 10.2 Å². The molecule has 110 valence electrons. The van der Waals surface area contributed by atoms with Crippen LogP contribution in [0.25, 0.3) is 0 Å². The van der Waals surface area contributed by atoms with Gasteiger partial charge in [-0.05, 0) is 38.5 Å². The predicted molar refractivity (Wildman–Crippen MR) is 78.5 cm³/mol. The van der Waals surface area contributed by atoms with Crippen LogP contribution in [0.5, 0.6) is 0 Å². The number of nitrogens with zero attached hydrogens (tertiary/aromatic N) is 3. The van der Waals surface area contributed by atoms with Gasteiger partial charge in [-0.15, -0.1) is 0 Å². The van der Waals surface area contributed by atoms with Crippen molar-refractivity contribution in [1.29, 1.82) is 0 Å². The van der Waals surface area contributed by atoms with Gasteiger partial charge < -0.3 is 15.3 Å². The summed E-state index contributed by atoms with van der Waals surface area (Å²) in [6.45, 7) is 4.64. The second-order valence-electron chi connectivity index (χ2n) is 6.11. The number of anilines is 1. The third-order valence-electron chi connectivity index (χ3n) is 4.37. The monoisotopic (exact) mass is 276 g/mol. The highest BCUT2D eigenvalue weighted by atomic mass is 16.3. The molecule has 1 unspecified atom stereocenters. The summed E-state index contributed by atoms with van der Waals surface area (Å²) in [5, 5.41) is 13.1. The van der Waals surface area contributed by atoms with Crippen molar-refractivity contribution in [3.63, 3.8) is 0 Å². The van der Waals surface area contributed by atoms with Gasteiger partial charge in [0.15, 0.2) is 0 Å². The minimum atomic E-state index is -0.200. The minimum absolute atomic E-state index is 0.200. The van der Waals surface area contributed by atoms with Crippen molar-refractivity contribution in [2.45, 2.75) is 51.3 Å². The van der Waals surface area contributed by atoms with Gasteiger partial charge in [0.2, 0.25) is 5.95 Å². The first-order chi connectivity index (χ1) is 9.72. The van der Waals surface area contributed by atoms with Crippen LogP contribution in [0.15, 0.2) is 12.4 Å². The Morgan fingerprint density at radius 2 is 1.90 bits per heavy atom. The van der Waals surface area contributed by atoms with Crippen LogP contribution in [0.4, 0.5) is 5.95 Å². The molecule has 1 saturated heterocycles. The molecular formula is C15H24N4O. The highest BCUT2D eigenvalue weighted by Crippen LogP contribution is 2.23. The van der Waals surface area contributed by atoms with Gasteiger partial charge >= 0.3 is 0 Å². The van der Waals surface area contributed by atoms with Gasteiger partial charge in [-0.25, -0.2) is 9.97 Å². The summed E-state index contributed by atoms with van der Waals surface area (Å²) in [5.74, 6) is 1.25. The summed E-state index contributed by atoms with van der Waals surface area (Å²) in [4.78, 5) is 11.2. The van der Waals surface area contributed by atoms with Gasteiger partial charge in [0, 0.05) is 43.6 Å². The molecule has 1 aliphatic carbocycles. The topological polar surface area (TPSA) is 61.3 Å². The standard InChI is InChI=1S/C15H24N4O/c1-11(20)13-4-6-19(7-5-13)15-17-9-12(10-18-15)8-16-14-2-3-14/h9-11,13-14,16,20H,2-8H2,1H3. The van der Waals surface area contributed by atoms with Crippen molar-refractivity contribution >= 4 is 5.95 Å². The number of nitrogens with one attached hydrogen (secondary N) is 1. The molecule has 2 fully saturated rings. The van der Waals surface area contributed by atoms with Crippen molar-refractivity contribution in [3.8, 4) is 0 Å². The molecule has 2 aliphatic rings. The van der Waals surface area contributed by atoms with E-state index in [2.05, 4.69) is 20.2 Å². The van der Waals surface area contributed by atoms with Gasteiger partial charge in [0.25, 0.3) is 0 Å². The largest absolute Gasteiger partial charge is 0.393 e. The van der Waals surface area contributed by atoms with Crippen molar-refractivity contribution in [2.75, 3.05) is 18.0 Å². The molecule has 0 bridgehead atoms. The lowest BCUT2D eigenvalue weighted by Crippen LogP contribution is -2.38. The summed E-state index contributed by atoms with van der Waals surface area (Å²) in [5.41, 5.74) is 1.15. The molecule has 5 heteroatoms. The smallest absolute Gasteiger partial charge is 0.225 e. The zero-order valence-electron chi connectivity index (χ0n) is 12.1. The molecule has 0 radical (unpaired) electrons. The molecule has 1 aromatic heterocycles. The van der Waals surface area contributed by atoms with Gasteiger partial charge in [-0.2, -0.15) is 0 Å². The van der Waals surface area contributed by atoms with E-state index in [9.17, 15) is 5.11 Å². The SMILES string of the molecule is CC(O)C1CCN(c2ncc(CNC3CC3)cn2)CC1. The van der Waals surface area contributed by atoms with Gasteiger partial charge in [0.1, 0.15) is 0 Å². The highest BCUT2D eigenvalue weighted by Gasteiger charge is 2.24. The molecular weight excluding hydrogens is 252 g/mol. The maximum Gasteiger partial charge on any atom is 0.225 e. The quantitative estimate of drug-likeness (QED) is 0.849. The summed E-state index contributed by atoms with van der Waals surface area (Å²) in [6.07, 6.45) is 8.30. The molecule has 1 aliphatic heterocycles. The minimum Gasteiger partial charge on any atom is -0.393 e. The Balaban J connectivity index is 1.52. The normalized spacial score (nSPS) is 22.0. The van der Waals surface area contributed by atoms with Crippen LogP contribution in [0.2, 0.25) is 0 Å². The van der Waals surface area contributed by atoms with E-state index >= 15 is 0 Å². The van der Waals surface area contributed by atoms with Crippen LogP contribution in [0.3, 0.4) is 0 Å². The lowest BCUT2D eigenvalue weighted by atomic mass is 9.92. The van der Waals surface area contributed by atoms with Crippen molar-refractivity contribution in [1.82, 2.24) is 15.3 Å². The molecule has 5 nitrogen and oxygen atoms in total. The third kappa shape index (κ3) is 3.46. The lowest BCUT2D eigenvalue weighted by Gasteiger charge is -2.33. The molecule has 1 atom stereocenters. The molecule has 1 aromatic rings. The fraction of sp³-hybridized carbons (Fsp3) is 0.733. The zero-order chi connectivity index (χ0) is 13.9. The summed E-state index contributed by atoms with van der Waals surface area (Å²) >= 11 is 0. The Kier molecular flexibility index (Phi) is 4.17. The molecule has 0 amide bonds. The zero-order valence-corrected chi connectivity index (χ0v) is 12.1. The van der Waals surface area contributed by atoms with Crippen molar-refractivity contribution < 1.29 is 5.11 Å². The van der Waals surface area contributed by atoms with Crippen LogP contribution in [-0.2, 0) is 6.54 Å². The van der Waals surface area contributed by atoms with Crippen LogP contribution in [-0.4, -0.2) is 40.3 Å². The summed E-state index contributed by atoms with van der Waals surface area (Å²) in [6, 6.07) is 0.717. The van der Waals surface area contributed by atoms with E-state index in [1.807, 2.05) is 19.3 Å². The van der Waals surface area contributed by atoms with Crippen LogP contribution in [0.1, 0.15) is 38.2 Å². The van der Waals surface area contributed by atoms with Crippen LogP contribution in [0, 0.1) is 5.92 Å². The number of aliphatic hydroxyl groups excluding tert-OH is 1. The molecule has 1 saturated carbocycles. The molecule has 2 heterocycles. The maximum absolute atomic E-state index is 9.62.